The van der Waals surface area contributed by atoms with E-state index >= 15 is 0 Å². The smallest absolute Gasteiger partial charge is 0.117 e. The molecule has 1 fully saturated rings. The minimum absolute atomic E-state index is 0.595. The normalized spacial score (nSPS) is 23.0. The van der Waals surface area contributed by atoms with Gasteiger partial charge in [-0.2, -0.15) is 0 Å². The van der Waals surface area contributed by atoms with E-state index in [0.29, 0.717) is 12.0 Å². The number of nitrogens with one attached hydrogen (secondary N) is 1. The maximum Gasteiger partial charge on any atom is 0.117 e. The van der Waals surface area contributed by atoms with Crippen LogP contribution < -0.4 is 5.32 Å². The van der Waals surface area contributed by atoms with Gasteiger partial charge in [-0.25, -0.2) is 0 Å². The lowest BCUT2D eigenvalue weighted by Gasteiger charge is -2.31. The van der Waals surface area contributed by atoms with Crippen LogP contribution in [0.2, 0.25) is 0 Å². The molecule has 0 saturated heterocycles. The third kappa shape index (κ3) is 4.33. The fraction of sp³-hybridized carbons (Fsp3) is 0.778. The second-order valence-corrected chi connectivity index (χ2v) is 6.86. The van der Waals surface area contributed by atoms with E-state index < -0.39 is 0 Å². The summed E-state index contributed by atoms with van der Waals surface area (Å²) in [6.07, 6.45) is 3.77. The highest BCUT2D eigenvalue weighted by atomic mass is 16.3. The Morgan fingerprint density at radius 3 is 2.48 bits per heavy atom. The van der Waals surface area contributed by atoms with Crippen LogP contribution in [0.5, 0.6) is 0 Å². The molecule has 3 nitrogen and oxygen atoms in total. The lowest BCUT2D eigenvalue weighted by molar-refractivity contribution is 0.192. The first-order valence-electron chi connectivity index (χ1n) is 8.52. The highest BCUT2D eigenvalue weighted by molar-refractivity contribution is 5.17. The van der Waals surface area contributed by atoms with Crippen molar-refractivity contribution in [3.63, 3.8) is 0 Å². The van der Waals surface area contributed by atoms with Gasteiger partial charge in [0.25, 0.3) is 0 Å². The topological polar surface area (TPSA) is 28.4 Å². The zero-order valence-electron chi connectivity index (χ0n) is 14.4. The largest absolute Gasteiger partial charge is 0.464 e. The van der Waals surface area contributed by atoms with Crippen molar-refractivity contribution >= 4 is 0 Å². The molecular formula is C18H32N2O. The molecular weight excluding hydrogens is 260 g/mol. The minimum atomic E-state index is 0.595. The third-order valence-corrected chi connectivity index (χ3v) is 5.07. The third-order valence-electron chi connectivity index (χ3n) is 5.07. The van der Waals surface area contributed by atoms with Gasteiger partial charge in [-0.15, -0.1) is 0 Å². The molecule has 21 heavy (non-hydrogen) atoms. The molecule has 3 atom stereocenters. The number of rotatable bonds is 9. The molecule has 1 aromatic heterocycles. The van der Waals surface area contributed by atoms with Gasteiger partial charge in [0.05, 0.1) is 6.54 Å². The first-order chi connectivity index (χ1) is 10.1. The average Bonchev–Trinajstić information content (AvgIpc) is 3.00. The molecule has 0 spiro atoms. The summed E-state index contributed by atoms with van der Waals surface area (Å²) in [5, 5.41) is 3.58. The van der Waals surface area contributed by atoms with Crippen LogP contribution in [-0.4, -0.2) is 31.6 Å². The second-order valence-electron chi connectivity index (χ2n) is 6.86. The molecule has 0 aromatic carbocycles. The van der Waals surface area contributed by atoms with Crippen molar-refractivity contribution in [2.24, 2.45) is 11.8 Å². The Labute approximate surface area is 130 Å². The average molecular weight is 292 g/mol. The van der Waals surface area contributed by atoms with Gasteiger partial charge in [-0.1, -0.05) is 33.6 Å². The molecule has 0 amide bonds. The summed E-state index contributed by atoms with van der Waals surface area (Å²) in [5.74, 6) is 4.50. The monoisotopic (exact) mass is 292 g/mol. The van der Waals surface area contributed by atoms with E-state index in [1.807, 2.05) is 0 Å². The predicted molar refractivity (Wildman–Crippen MR) is 88.5 cm³/mol. The summed E-state index contributed by atoms with van der Waals surface area (Å²) in [6.45, 7) is 8.74. The summed E-state index contributed by atoms with van der Waals surface area (Å²) in [7, 11) is 4.37. The lowest BCUT2D eigenvalue weighted by Crippen LogP contribution is -2.42. The molecule has 1 heterocycles. The van der Waals surface area contributed by atoms with Crippen LogP contribution in [0.3, 0.4) is 0 Å². The fourth-order valence-corrected chi connectivity index (χ4v) is 3.35. The molecule has 1 N–H and O–H groups in total. The van der Waals surface area contributed by atoms with Crippen molar-refractivity contribution in [3.8, 4) is 0 Å². The van der Waals surface area contributed by atoms with Crippen molar-refractivity contribution in [3.05, 3.63) is 23.7 Å². The van der Waals surface area contributed by atoms with Gasteiger partial charge < -0.3 is 14.6 Å². The Balaban J connectivity index is 1.80. The van der Waals surface area contributed by atoms with Gasteiger partial charge >= 0.3 is 0 Å². The number of nitrogens with zero attached hydrogens (tertiary/aromatic N) is 1. The number of furan rings is 1. The van der Waals surface area contributed by atoms with Crippen LogP contribution in [0.4, 0.5) is 0 Å². The van der Waals surface area contributed by atoms with Crippen molar-refractivity contribution in [1.82, 2.24) is 10.2 Å². The first-order valence-corrected chi connectivity index (χ1v) is 8.52. The Morgan fingerprint density at radius 2 is 1.95 bits per heavy atom. The van der Waals surface area contributed by atoms with Crippen LogP contribution in [0.25, 0.3) is 0 Å². The van der Waals surface area contributed by atoms with Crippen LogP contribution in [0, 0.1) is 11.8 Å². The molecule has 120 valence electrons. The van der Waals surface area contributed by atoms with Gasteiger partial charge in [0.15, 0.2) is 0 Å². The van der Waals surface area contributed by atoms with Crippen molar-refractivity contribution in [1.29, 1.82) is 0 Å². The second kappa shape index (κ2) is 7.46. The molecule has 0 aliphatic heterocycles. The Kier molecular flexibility index (Phi) is 5.88. The quantitative estimate of drug-likeness (QED) is 0.749. The van der Waals surface area contributed by atoms with Crippen LogP contribution in [-0.2, 0) is 6.54 Å². The molecule has 3 heteroatoms. The van der Waals surface area contributed by atoms with Crippen LogP contribution >= 0.6 is 0 Å². The molecule has 1 aromatic rings. The molecule has 3 unspecified atom stereocenters. The number of likely N-dealkylation sites (N-methyl/N-ethyl adjacent to an activating group) is 1. The SMILES string of the molecule is CCC(CC)C(CNCc1ccc(C2CC2C)o1)N(C)C. The Morgan fingerprint density at radius 1 is 1.29 bits per heavy atom. The molecule has 0 radical (unpaired) electrons. The zero-order chi connectivity index (χ0) is 15.4. The van der Waals surface area contributed by atoms with E-state index in [2.05, 4.69) is 57.2 Å². The Bertz CT molecular complexity index is 423. The lowest BCUT2D eigenvalue weighted by atomic mass is 9.93. The summed E-state index contributed by atoms with van der Waals surface area (Å²) in [4.78, 5) is 2.35. The first kappa shape index (κ1) is 16.6. The highest BCUT2D eigenvalue weighted by Crippen LogP contribution is 2.47. The van der Waals surface area contributed by atoms with Gasteiger partial charge in [0.1, 0.15) is 11.5 Å². The molecule has 1 aliphatic carbocycles. The summed E-state index contributed by atoms with van der Waals surface area (Å²) in [6, 6.07) is 4.89. The van der Waals surface area contributed by atoms with Gasteiger partial charge in [-0.05, 0) is 44.5 Å². The van der Waals surface area contributed by atoms with Crippen molar-refractivity contribution in [2.75, 3.05) is 20.6 Å². The molecule has 1 aliphatic rings. The van der Waals surface area contributed by atoms with Crippen LogP contribution in [0.1, 0.15) is 57.5 Å². The maximum atomic E-state index is 5.96. The van der Waals surface area contributed by atoms with Gasteiger partial charge in [0.2, 0.25) is 0 Å². The number of hydrogen-bond acceptors (Lipinski definition) is 3. The summed E-state index contributed by atoms with van der Waals surface area (Å²) < 4.78 is 5.96. The molecule has 1 saturated carbocycles. The van der Waals surface area contributed by atoms with E-state index in [9.17, 15) is 0 Å². The van der Waals surface area contributed by atoms with Gasteiger partial charge in [0, 0.05) is 18.5 Å². The fourth-order valence-electron chi connectivity index (χ4n) is 3.35. The van der Waals surface area contributed by atoms with Crippen molar-refractivity contribution < 1.29 is 4.42 Å². The highest BCUT2D eigenvalue weighted by Gasteiger charge is 2.36. The Hall–Kier alpha value is -0.800. The summed E-state index contributed by atoms with van der Waals surface area (Å²) >= 11 is 0. The van der Waals surface area contributed by atoms with E-state index in [4.69, 9.17) is 4.42 Å². The minimum Gasteiger partial charge on any atom is -0.464 e. The summed E-state index contributed by atoms with van der Waals surface area (Å²) in [5.41, 5.74) is 0. The van der Waals surface area contributed by atoms with E-state index in [1.54, 1.807) is 0 Å². The maximum absolute atomic E-state index is 5.96. The van der Waals surface area contributed by atoms with E-state index in [1.165, 1.54) is 25.0 Å². The molecule has 2 rings (SSSR count). The molecule has 0 bridgehead atoms. The van der Waals surface area contributed by atoms with Crippen LogP contribution in [0.15, 0.2) is 16.5 Å². The standard InChI is InChI=1S/C18H32N2O/c1-6-14(7-2)17(20(4)5)12-19-11-15-8-9-18(21-15)16-10-13(16)3/h8-9,13-14,16-17,19H,6-7,10-12H2,1-5H3. The number of hydrogen-bond donors (Lipinski definition) is 1. The predicted octanol–water partition coefficient (Wildman–Crippen LogP) is 3.86. The zero-order valence-corrected chi connectivity index (χ0v) is 14.4. The van der Waals surface area contributed by atoms with E-state index in [0.717, 1.165) is 30.7 Å². The van der Waals surface area contributed by atoms with Crippen molar-refractivity contribution in [2.45, 2.75) is 58.5 Å². The van der Waals surface area contributed by atoms with E-state index in [-0.39, 0.29) is 0 Å². The van der Waals surface area contributed by atoms with Gasteiger partial charge in [-0.3, -0.25) is 0 Å².